The monoisotopic (exact) mass is 315 g/mol. The van der Waals surface area contributed by atoms with Crippen LogP contribution in [0.4, 0.5) is 0 Å². The summed E-state index contributed by atoms with van der Waals surface area (Å²) in [7, 11) is 2.05. The first-order valence-corrected chi connectivity index (χ1v) is 8.25. The molecule has 0 spiro atoms. The molecule has 4 nitrogen and oxygen atoms in total. The van der Waals surface area contributed by atoms with Crippen LogP contribution in [-0.4, -0.2) is 19.7 Å². The second-order valence-electron chi connectivity index (χ2n) is 6.61. The summed E-state index contributed by atoms with van der Waals surface area (Å²) in [6, 6.07) is 16.2. The number of nitrogens with zero attached hydrogens (tertiary/aromatic N) is 3. The molecule has 1 aliphatic carbocycles. The van der Waals surface area contributed by atoms with Crippen LogP contribution in [0.2, 0.25) is 0 Å². The Morgan fingerprint density at radius 2 is 1.67 bits per heavy atom. The Bertz CT molecular complexity index is 1130. The van der Waals surface area contributed by atoms with Crippen molar-refractivity contribution in [3.63, 3.8) is 0 Å². The molecule has 2 heterocycles. The van der Waals surface area contributed by atoms with Crippen LogP contribution in [0.25, 0.3) is 28.1 Å². The SMILES string of the molecule is C[C@H]1Cc2c(nc3n(C)c4ccccc4n23)-c2ccccc2C1=O. The summed E-state index contributed by atoms with van der Waals surface area (Å²) in [4.78, 5) is 17.7. The maximum Gasteiger partial charge on any atom is 0.215 e. The van der Waals surface area contributed by atoms with E-state index in [0.29, 0.717) is 6.42 Å². The molecule has 0 bridgehead atoms. The van der Waals surface area contributed by atoms with E-state index in [4.69, 9.17) is 4.98 Å². The number of fused-ring (bicyclic) bond motifs is 7. The minimum atomic E-state index is -0.0498. The third kappa shape index (κ3) is 1.58. The molecule has 5 rings (SSSR count). The molecule has 0 unspecified atom stereocenters. The summed E-state index contributed by atoms with van der Waals surface area (Å²) in [5, 5.41) is 0. The zero-order valence-corrected chi connectivity index (χ0v) is 13.7. The van der Waals surface area contributed by atoms with Crippen molar-refractivity contribution in [3.8, 4) is 11.3 Å². The van der Waals surface area contributed by atoms with Crippen molar-refractivity contribution in [2.75, 3.05) is 0 Å². The Balaban J connectivity index is 1.96. The number of carbonyl (C=O) groups excluding carboxylic acids is 1. The van der Waals surface area contributed by atoms with Gasteiger partial charge in [0, 0.05) is 30.5 Å². The third-order valence-corrected chi connectivity index (χ3v) is 5.13. The van der Waals surface area contributed by atoms with Gasteiger partial charge in [-0.25, -0.2) is 4.98 Å². The van der Waals surface area contributed by atoms with E-state index in [1.54, 1.807) is 0 Å². The van der Waals surface area contributed by atoms with Gasteiger partial charge in [-0.3, -0.25) is 9.20 Å². The van der Waals surface area contributed by atoms with Gasteiger partial charge in [-0.2, -0.15) is 0 Å². The number of Topliss-reactive ketones (excluding diaryl/α,β-unsaturated/α-hetero) is 1. The molecule has 0 radical (unpaired) electrons. The molecule has 4 aromatic rings. The van der Waals surface area contributed by atoms with E-state index in [2.05, 4.69) is 21.1 Å². The molecule has 1 atom stereocenters. The van der Waals surface area contributed by atoms with Crippen LogP contribution in [-0.2, 0) is 13.5 Å². The van der Waals surface area contributed by atoms with Gasteiger partial charge in [0.25, 0.3) is 0 Å². The van der Waals surface area contributed by atoms with Crippen molar-refractivity contribution in [2.45, 2.75) is 13.3 Å². The van der Waals surface area contributed by atoms with Gasteiger partial charge in [0.2, 0.25) is 5.78 Å². The van der Waals surface area contributed by atoms with Crippen molar-refractivity contribution in [2.24, 2.45) is 13.0 Å². The van der Waals surface area contributed by atoms with Gasteiger partial charge >= 0.3 is 0 Å². The van der Waals surface area contributed by atoms with E-state index in [9.17, 15) is 4.79 Å². The normalized spacial score (nSPS) is 17.1. The first-order valence-electron chi connectivity index (χ1n) is 8.25. The Kier molecular flexibility index (Phi) is 2.58. The summed E-state index contributed by atoms with van der Waals surface area (Å²) in [6.07, 6.45) is 0.706. The topological polar surface area (TPSA) is 39.3 Å². The maximum absolute atomic E-state index is 12.8. The molecule has 0 aliphatic heterocycles. The molecule has 0 amide bonds. The van der Waals surface area contributed by atoms with Gasteiger partial charge in [-0.15, -0.1) is 0 Å². The predicted molar refractivity (Wildman–Crippen MR) is 94.3 cm³/mol. The fourth-order valence-electron chi connectivity index (χ4n) is 3.92. The number of benzene rings is 2. The molecule has 0 saturated carbocycles. The number of imidazole rings is 2. The minimum absolute atomic E-state index is 0.0498. The van der Waals surface area contributed by atoms with E-state index >= 15 is 0 Å². The smallest absolute Gasteiger partial charge is 0.215 e. The van der Waals surface area contributed by atoms with E-state index in [-0.39, 0.29) is 11.7 Å². The fraction of sp³-hybridized carbons (Fsp3) is 0.200. The Hall–Kier alpha value is -2.88. The second kappa shape index (κ2) is 4.57. The summed E-state index contributed by atoms with van der Waals surface area (Å²) < 4.78 is 4.34. The summed E-state index contributed by atoms with van der Waals surface area (Å²) >= 11 is 0. The third-order valence-electron chi connectivity index (χ3n) is 5.13. The van der Waals surface area contributed by atoms with Gasteiger partial charge in [-0.1, -0.05) is 43.3 Å². The van der Waals surface area contributed by atoms with Crippen LogP contribution in [0, 0.1) is 5.92 Å². The van der Waals surface area contributed by atoms with Crippen molar-refractivity contribution >= 4 is 22.6 Å². The van der Waals surface area contributed by atoms with Gasteiger partial charge in [0.15, 0.2) is 5.78 Å². The lowest BCUT2D eigenvalue weighted by Crippen LogP contribution is -2.13. The van der Waals surface area contributed by atoms with Crippen molar-refractivity contribution < 1.29 is 4.79 Å². The lowest BCUT2D eigenvalue weighted by Gasteiger charge is -2.07. The number of hydrogen-bond acceptors (Lipinski definition) is 2. The van der Waals surface area contributed by atoms with Gasteiger partial charge in [0.1, 0.15) is 0 Å². The van der Waals surface area contributed by atoms with Crippen molar-refractivity contribution in [1.82, 2.24) is 14.0 Å². The van der Waals surface area contributed by atoms with Crippen LogP contribution in [0.5, 0.6) is 0 Å². The number of aromatic nitrogens is 3. The average molecular weight is 315 g/mol. The lowest BCUT2D eigenvalue weighted by atomic mass is 9.96. The summed E-state index contributed by atoms with van der Waals surface area (Å²) in [5.41, 5.74) is 6.11. The number of para-hydroxylation sites is 2. The molecule has 2 aromatic carbocycles. The van der Waals surface area contributed by atoms with Gasteiger partial charge < -0.3 is 4.57 Å². The second-order valence-corrected chi connectivity index (χ2v) is 6.61. The molecule has 118 valence electrons. The highest BCUT2D eigenvalue weighted by Gasteiger charge is 2.30. The first kappa shape index (κ1) is 13.5. The Morgan fingerprint density at radius 3 is 2.46 bits per heavy atom. The number of aryl methyl sites for hydroxylation is 1. The molecule has 1 aliphatic rings. The molecule has 0 saturated heterocycles. The first-order chi connectivity index (χ1) is 11.7. The number of rotatable bonds is 0. The zero-order chi connectivity index (χ0) is 16.4. The summed E-state index contributed by atoms with van der Waals surface area (Å²) in [6.45, 7) is 2.01. The van der Waals surface area contributed by atoms with Crippen LogP contribution >= 0.6 is 0 Å². The van der Waals surface area contributed by atoms with E-state index < -0.39 is 0 Å². The highest BCUT2D eigenvalue weighted by atomic mass is 16.1. The van der Waals surface area contributed by atoms with Crippen LogP contribution in [0.1, 0.15) is 23.0 Å². The standard InChI is InChI=1S/C20H17N3O/c1-12-11-17-18(13-7-3-4-8-14(13)19(12)24)21-20-22(2)15-9-5-6-10-16(15)23(17)20/h3-10,12H,11H2,1-2H3/t12-/m0/s1. The Labute approximate surface area is 139 Å². The molecule has 24 heavy (non-hydrogen) atoms. The molecule has 0 N–H and O–H groups in total. The number of carbonyl (C=O) groups is 1. The summed E-state index contributed by atoms with van der Waals surface area (Å²) in [5.74, 6) is 1.08. The quantitative estimate of drug-likeness (QED) is 0.494. The minimum Gasteiger partial charge on any atom is -0.313 e. The molecular weight excluding hydrogens is 298 g/mol. The maximum atomic E-state index is 12.8. The van der Waals surface area contributed by atoms with Crippen LogP contribution < -0.4 is 0 Å². The highest BCUT2D eigenvalue weighted by molar-refractivity contribution is 6.05. The van der Waals surface area contributed by atoms with Crippen LogP contribution in [0.15, 0.2) is 48.5 Å². The van der Waals surface area contributed by atoms with Crippen LogP contribution in [0.3, 0.4) is 0 Å². The predicted octanol–water partition coefficient (Wildman–Crippen LogP) is 3.87. The largest absolute Gasteiger partial charge is 0.313 e. The van der Waals surface area contributed by atoms with Gasteiger partial charge in [-0.05, 0) is 12.1 Å². The Morgan fingerprint density at radius 1 is 1.00 bits per heavy atom. The van der Waals surface area contributed by atoms with Crippen molar-refractivity contribution in [1.29, 1.82) is 0 Å². The zero-order valence-electron chi connectivity index (χ0n) is 13.7. The van der Waals surface area contributed by atoms with Crippen molar-refractivity contribution in [3.05, 3.63) is 59.8 Å². The van der Waals surface area contributed by atoms with E-state index in [1.807, 2.05) is 50.4 Å². The van der Waals surface area contributed by atoms with E-state index in [0.717, 1.165) is 39.3 Å². The lowest BCUT2D eigenvalue weighted by molar-refractivity contribution is 0.0931. The van der Waals surface area contributed by atoms with Gasteiger partial charge in [0.05, 0.1) is 22.4 Å². The molecular formula is C20H17N3O. The van der Waals surface area contributed by atoms with E-state index in [1.165, 1.54) is 0 Å². The fourth-order valence-corrected chi connectivity index (χ4v) is 3.92. The molecule has 2 aromatic heterocycles. The number of hydrogen-bond donors (Lipinski definition) is 0. The molecule has 0 fully saturated rings. The number of ketones is 1. The highest BCUT2D eigenvalue weighted by Crippen LogP contribution is 2.36. The average Bonchev–Trinajstić information content (AvgIpc) is 3.08. The molecule has 4 heteroatoms.